The molecule has 2 atom stereocenters. The van der Waals surface area contributed by atoms with Crippen molar-refractivity contribution in [1.82, 2.24) is 10.2 Å². The highest BCUT2D eigenvalue weighted by Gasteiger charge is 2.34. The van der Waals surface area contributed by atoms with Gasteiger partial charge < -0.3 is 10.2 Å². The normalized spacial score (nSPS) is 12.8. The first-order valence-corrected chi connectivity index (χ1v) is 14.9. The molecule has 1 N–H and O–H groups in total. The molecule has 3 aromatic carbocycles. The average Bonchev–Trinajstić information content (AvgIpc) is 2.93. The minimum atomic E-state index is -4.18. The Morgan fingerprint density at radius 2 is 1.49 bits per heavy atom. The predicted octanol–water partition coefficient (Wildman–Crippen LogP) is 5.91. The molecule has 208 valence electrons. The number of para-hydroxylation sites is 1. The summed E-state index contributed by atoms with van der Waals surface area (Å²) >= 11 is 12.5. The van der Waals surface area contributed by atoms with E-state index in [4.69, 9.17) is 23.2 Å². The van der Waals surface area contributed by atoms with Crippen LogP contribution >= 0.6 is 23.2 Å². The van der Waals surface area contributed by atoms with Crippen molar-refractivity contribution in [2.24, 2.45) is 0 Å². The predicted molar refractivity (Wildman–Crippen MR) is 156 cm³/mol. The fourth-order valence-corrected chi connectivity index (χ4v) is 5.90. The SMILES string of the molecule is CC[C@H](C(=O)N[C@@H](C)CC)N(Cc1ccc(Cl)cc1)C(=O)CN(c1ccccc1Cl)S(=O)(=O)c1ccccc1. The minimum Gasteiger partial charge on any atom is -0.352 e. The van der Waals surface area contributed by atoms with Crippen LogP contribution in [0.5, 0.6) is 0 Å². The van der Waals surface area contributed by atoms with E-state index in [1.165, 1.54) is 17.0 Å². The molecule has 10 heteroatoms. The van der Waals surface area contributed by atoms with Gasteiger partial charge in [0.05, 0.1) is 15.6 Å². The number of amides is 2. The largest absolute Gasteiger partial charge is 0.352 e. The van der Waals surface area contributed by atoms with Gasteiger partial charge in [-0.15, -0.1) is 0 Å². The Kier molecular flexibility index (Phi) is 10.8. The number of halogens is 2. The number of nitrogens with one attached hydrogen (secondary N) is 1. The van der Waals surface area contributed by atoms with Crippen molar-refractivity contribution in [1.29, 1.82) is 0 Å². The van der Waals surface area contributed by atoms with E-state index in [9.17, 15) is 18.0 Å². The Bertz CT molecular complexity index is 1370. The number of sulfonamides is 1. The maximum Gasteiger partial charge on any atom is 0.264 e. The molecule has 0 unspecified atom stereocenters. The summed E-state index contributed by atoms with van der Waals surface area (Å²) in [5.41, 5.74) is 0.915. The Labute approximate surface area is 240 Å². The highest BCUT2D eigenvalue weighted by Crippen LogP contribution is 2.30. The highest BCUT2D eigenvalue weighted by atomic mass is 35.5. The molecule has 0 spiro atoms. The van der Waals surface area contributed by atoms with E-state index in [0.717, 1.165) is 16.3 Å². The third-order valence-electron chi connectivity index (χ3n) is 6.38. The quantitative estimate of drug-likeness (QED) is 0.284. The van der Waals surface area contributed by atoms with Crippen LogP contribution in [-0.4, -0.2) is 43.8 Å². The second-order valence-electron chi connectivity index (χ2n) is 9.17. The first-order chi connectivity index (χ1) is 18.6. The molecule has 3 aromatic rings. The summed E-state index contributed by atoms with van der Waals surface area (Å²) < 4.78 is 28.6. The second kappa shape index (κ2) is 13.8. The van der Waals surface area contributed by atoms with Crippen LogP contribution < -0.4 is 9.62 Å². The van der Waals surface area contributed by atoms with Gasteiger partial charge in [0.25, 0.3) is 10.0 Å². The molecule has 7 nitrogen and oxygen atoms in total. The Balaban J connectivity index is 2.05. The third-order valence-corrected chi connectivity index (χ3v) is 8.73. The maximum absolute atomic E-state index is 14.0. The number of anilines is 1. The van der Waals surface area contributed by atoms with Crippen molar-refractivity contribution in [2.45, 2.75) is 57.1 Å². The van der Waals surface area contributed by atoms with Gasteiger partial charge in [-0.25, -0.2) is 8.42 Å². The van der Waals surface area contributed by atoms with E-state index in [1.807, 2.05) is 20.8 Å². The Hall–Kier alpha value is -3.07. The van der Waals surface area contributed by atoms with Crippen LogP contribution in [0, 0.1) is 0 Å². The smallest absolute Gasteiger partial charge is 0.264 e. The molecule has 0 heterocycles. The number of nitrogens with zero attached hydrogens (tertiary/aromatic N) is 2. The van der Waals surface area contributed by atoms with Crippen LogP contribution in [0.2, 0.25) is 10.0 Å². The number of carbonyl (C=O) groups is 2. The second-order valence-corrected chi connectivity index (χ2v) is 11.9. The lowest BCUT2D eigenvalue weighted by molar-refractivity contribution is -0.140. The van der Waals surface area contributed by atoms with E-state index in [1.54, 1.807) is 66.7 Å². The van der Waals surface area contributed by atoms with Gasteiger partial charge >= 0.3 is 0 Å². The van der Waals surface area contributed by atoms with E-state index >= 15 is 0 Å². The standard InChI is InChI=1S/C29H33Cl2N3O4S/c1-4-21(3)32-29(36)26(5-2)33(19-22-15-17-23(30)18-16-22)28(35)20-34(27-14-10-9-13-25(27)31)39(37,38)24-11-7-6-8-12-24/h6-18,21,26H,4-5,19-20H2,1-3H3,(H,32,36)/t21-,26+/m0/s1. The van der Waals surface area contributed by atoms with Crippen molar-refractivity contribution in [2.75, 3.05) is 10.8 Å². The van der Waals surface area contributed by atoms with E-state index in [-0.39, 0.29) is 34.1 Å². The summed E-state index contributed by atoms with van der Waals surface area (Å²) in [4.78, 5) is 28.7. The fraction of sp³-hybridized carbons (Fsp3) is 0.310. The molecular formula is C29H33Cl2N3O4S. The summed E-state index contributed by atoms with van der Waals surface area (Å²) in [7, 11) is -4.18. The maximum atomic E-state index is 14.0. The molecule has 0 radical (unpaired) electrons. The molecule has 39 heavy (non-hydrogen) atoms. The molecule has 0 saturated carbocycles. The van der Waals surface area contributed by atoms with Crippen molar-refractivity contribution in [3.05, 3.63) is 94.5 Å². The fourth-order valence-electron chi connectivity index (χ4n) is 4.03. The first kappa shape index (κ1) is 30.5. The molecule has 0 bridgehead atoms. The summed E-state index contributed by atoms with van der Waals surface area (Å²) in [6, 6.07) is 20.3. The lowest BCUT2D eigenvalue weighted by Gasteiger charge is -2.34. The van der Waals surface area contributed by atoms with Crippen molar-refractivity contribution < 1.29 is 18.0 Å². The van der Waals surface area contributed by atoms with Gasteiger partial charge in [0, 0.05) is 17.6 Å². The monoisotopic (exact) mass is 589 g/mol. The molecule has 0 aliphatic heterocycles. The number of carbonyl (C=O) groups excluding carboxylic acids is 2. The van der Waals surface area contributed by atoms with Crippen molar-refractivity contribution in [3.63, 3.8) is 0 Å². The molecule has 0 fully saturated rings. The molecule has 0 saturated heterocycles. The first-order valence-electron chi connectivity index (χ1n) is 12.7. The number of hydrogen-bond donors (Lipinski definition) is 1. The van der Waals surface area contributed by atoms with Crippen molar-refractivity contribution >= 4 is 50.7 Å². The molecule has 3 rings (SSSR count). The summed E-state index contributed by atoms with van der Waals surface area (Å²) in [6.07, 6.45) is 1.06. The topological polar surface area (TPSA) is 86.8 Å². The zero-order valence-electron chi connectivity index (χ0n) is 22.2. The molecule has 0 aromatic heterocycles. The summed E-state index contributed by atoms with van der Waals surface area (Å²) in [5, 5.41) is 3.67. The minimum absolute atomic E-state index is 0.0172. The third kappa shape index (κ3) is 7.75. The summed E-state index contributed by atoms with van der Waals surface area (Å²) in [6.45, 7) is 5.20. The van der Waals surface area contributed by atoms with Crippen LogP contribution in [0.4, 0.5) is 5.69 Å². The van der Waals surface area contributed by atoms with Gasteiger partial charge in [-0.3, -0.25) is 13.9 Å². The van der Waals surface area contributed by atoms with Gasteiger partial charge in [-0.05, 0) is 61.7 Å². The molecule has 2 amide bonds. The van der Waals surface area contributed by atoms with Gasteiger partial charge in [0.15, 0.2) is 0 Å². The van der Waals surface area contributed by atoms with Gasteiger partial charge in [-0.1, -0.05) is 79.5 Å². The van der Waals surface area contributed by atoms with Crippen LogP contribution in [0.25, 0.3) is 0 Å². The molecule has 0 aliphatic carbocycles. The van der Waals surface area contributed by atoms with Crippen LogP contribution in [0.15, 0.2) is 83.8 Å². The lowest BCUT2D eigenvalue weighted by Crippen LogP contribution is -2.53. The Morgan fingerprint density at radius 3 is 2.08 bits per heavy atom. The number of benzene rings is 3. The van der Waals surface area contributed by atoms with E-state index in [0.29, 0.717) is 11.4 Å². The molecule has 0 aliphatic rings. The van der Waals surface area contributed by atoms with E-state index < -0.39 is 28.5 Å². The number of hydrogen-bond acceptors (Lipinski definition) is 4. The van der Waals surface area contributed by atoms with Gasteiger partial charge in [0.1, 0.15) is 12.6 Å². The molecular weight excluding hydrogens is 557 g/mol. The average molecular weight is 591 g/mol. The van der Waals surface area contributed by atoms with Gasteiger partial charge in [0.2, 0.25) is 11.8 Å². The lowest BCUT2D eigenvalue weighted by atomic mass is 10.1. The van der Waals surface area contributed by atoms with E-state index in [2.05, 4.69) is 5.32 Å². The van der Waals surface area contributed by atoms with Crippen LogP contribution in [0.1, 0.15) is 39.2 Å². The summed E-state index contributed by atoms with van der Waals surface area (Å²) in [5.74, 6) is -0.847. The number of rotatable bonds is 12. The van der Waals surface area contributed by atoms with Crippen LogP contribution in [-0.2, 0) is 26.2 Å². The Morgan fingerprint density at radius 1 is 0.872 bits per heavy atom. The van der Waals surface area contributed by atoms with Gasteiger partial charge in [-0.2, -0.15) is 0 Å². The highest BCUT2D eigenvalue weighted by molar-refractivity contribution is 7.92. The van der Waals surface area contributed by atoms with Crippen molar-refractivity contribution in [3.8, 4) is 0 Å². The zero-order chi connectivity index (χ0) is 28.6. The van der Waals surface area contributed by atoms with Crippen LogP contribution in [0.3, 0.4) is 0 Å². The zero-order valence-corrected chi connectivity index (χ0v) is 24.5.